The van der Waals surface area contributed by atoms with Crippen LogP contribution < -0.4 is 15.4 Å². The van der Waals surface area contributed by atoms with E-state index in [0.29, 0.717) is 28.8 Å². The third-order valence-corrected chi connectivity index (χ3v) is 3.51. The number of benzene rings is 1. The first-order chi connectivity index (χ1) is 12.2. The number of aromatic nitrogens is 1. The van der Waals surface area contributed by atoms with Gasteiger partial charge in [0, 0.05) is 5.02 Å². The first-order valence-electron chi connectivity index (χ1n) is 7.59. The van der Waals surface area contributed by atoms with Crippen LogP contribution in [0.4, 0.5) is 11.5 Å². The summed E-state index contributed by atoms with van der Waals surface area (Å²) in [4.78, 5) is 16.1. The van der Waals surface area contributed by atoms with Crippen molar-refractivity contribution in [3.63, 3.8) is 0 Å². The second-order valence-corrected chi connectivity index (χ2v) is 5.59. The average Bonchev–Trinajstić information content (AvgIpc) is 3.14. The molecule has 0 aliphatic heterocycles. The van der Waals surface area contributed by atoms with E-state index in [1.54, 1.807) is 48.9 Å². The van der Waals surface area contributed by atoms with Gasteiger partial charge in [-0.2, -0.15) is 0 Å². The topological polar surface area (TPSA) is 76.4 Å². The van der Waals surface area contributed by atoms with Crippen LogP contribution in [0, 0.1) is 0 Å². The lowest BCUT2D eigenvalue weighted by Gasteiger charge is -2.08. The second-order valence-electron chi connectivity index (χ2n) is 5.16. The number of amides is 1. The number of pyridine rings is 1. The molecule has 1 aromatic carbocycles. The molecule has 0 saturated carbocycles. The summed E-state index contributed by atoms with van der Waals surface area (Å²) >= 11 is 5.79. The number of anilines is 2. The van der Waals surface area contributed by atoms with Crippen LogP contribution in [0.1, 0.15) is 5.76 Å². The fourth-order valence-electron chi connectivity index (χ4n) is 2.04. The molecule has 7 heteroatoms. The van der Waals surface area contributed by atoms with Gasteiger partial charge in [-0.1, -0.05) is 11.6 Å². The van der Waals surface area contributed by atoms with Gasteiger partial charge >= 0.3 is 0 Å². The molecule has 3 aromatic rings. The normalized spacial score (nSPS) is 10.3. The maximum absolute atomic E-state index is 11.9. The predicted octanol–water partition coefficient (Wildman–Crippen LogP) is 3.96. The number of carbonyl (C=O) groups is 1. The third-order valence-electron chi connectivity index (χ3n) is 3.25. The molecule has 0 spiro atoms. The zero-order valence-corrected chi connectivity index (χ0v) is 14.0. The van der Waals surface area contributed by atoms with Crippen molar-refractivity contribution < 1.29 is 13.9 Å². The highest BCUT2D eigenvalue weighted by molar-refractivity contribution is 6.30. The van der Waals surface area contributed by atoms with Crippen LogP contribution in [-0.4, -0.2) is 17.5 Å². The molecular weight excluding hydrogens is 342 g/mol. The Kier molecular flexibility index (Phi) is 5.53. The molecule has 2 heterocycles. The van der Waals surface area contributed by atoms with Gasteiger partial charge < -0.3 is 19.8 Å². The minimum atomic E-state index is -0.270. The van der Waals surface area contributed by atoms with Crippen molar-refractivity contribution >= 4 is 29.0 Å². The molecule has 2 N–H and O–H groups in total. The standard InChI is InChI=1S/C18H16ClN3O3/c19-13-3-6-15(7-4-13)25-12-18(23)22-14-5-8-17(20-10-14)21-11-16-2-1-9-24-16/h1-10H,11-12H2,(H,20,21)(H,22,23). The first-order valence-corrected chi connectivity index (χ1v) is 7.97. The Labute approximate surface area is 149 Å². The van der Waals surface area contributed by atoms with Gasteiger partial charge in [0.15, 0.2) is 6.61 Å². The van der Waals surface area contributed by atoms with E-state index in [0.717, 1.165) is 5.76 Å². The molecule has 0 unspecified atom stereocenters. The van der Waals surface area contributed by atoms with Crippen molar-refractivity contribution in [2.24, 2.45) is 0 Å². The molecule has 0 atom stereocenters. The van der Waals surface area contributed by atoms with E-state index in [-0.39, 0.29) is 12.5 Å². The number of rotatable bonds is 7. The van der Waals surface area contributed by atoms with Gasteiger partial charge in [0.05, 0.1) is 24.7 Å². The van der Waals surface area contributed by atoms with Crippen LogP contribution in [0.15, 0.2) is 65.4 Å². The van der Waals surface area contributed by atoms with Crippen LogP contribution in [-0.2, 0) is 11.3 Å². The number of hydrogen-bond acceptors (Lipinski definition) is 5. The fraction of sp³-hybridized carbons (Fsp3) is 0.111. The maximum Gasteiger partial charge on any atom is 0.262 e. The lowest BCUT2D eigenvalue weighted by Crippen LogP contribution is -2.20. The summed E-state index contributed by atoms with van der Waals surface area (Å²) in [6, 6.07) is 14.1. The number of halogens is 1. The van der Waals surface area contributed by atoms with Crippen molar-refractivity contribution in [2.75, 3.05) is 17.2 Å². The first kappa shape index (κ1) is 16.9. The van der Waals surface area contributed by atoms with E-state index in [9.17, 15) is 4.79 Å². The van der Waals surface area contributed by atoms with Crippen molar-refractivity contribution in [3.05, 3.63) is 71.8 Å². The number of carbonyl (C=O) groups excluding carboxylic acids is 1. The molecule has 0 radical (unpaired) electrons. The molecule has 0 fully saturated rings. The van der Waals surface area contributed by atoms with Crippen molar-refractivity contribution in [3.8, 4) is 5.75 Å². The number of hydrogen-bond donors (Lipinski definition) is 2. The molecule has 3 rings (SSSR count). The van der Waals surface area contributed by atoms with E-state index in [4.69, 9.17) is 20.8 Å². The molecule has 2 aromatic heterocycles. The number of ether oxygens (including phenoxy) is 1. The predicted molar refractivity (Wildman–Crippen MR) is 95.8 cm³/mol. The van der Waals surface area contributed by atoms with Crippen LogP contribution in [0.2, 0.25) is 5.02 Å². The van der Waals surface area contributed by atoms with Crippen LogP contribution >= 0.6 is 11.6 Å². The Balaban J connectivity index is 1.45. The van der Waals surface area contributed by atoms with Crippen molar-refractivity contribution in [1.82, 2.24) is 4.98 Å². The minimum absolute atomic E-state index is 0.0971. The van der Waals surface area contributed by atoms with Crippen LogP contribution in [0.5, 0.6) is 5.75 Å². The van der Waals surface area contributed by atoms with Crippen LogP contribution in [0.3, 0.4) is 0 Å². The highest BCUT2D eigenvalue weighted by Crippen LogP contribution is 2.16. The third kappa shape index (κ3) is 5.26. The zero-order chi connectivity index (χ0) is 17.5. The number of furan rings is 1. The second kappa shape index (κ2) is 8.21. The smallest absolute Gasteiger partial charge is 0.262 e. The summed E-state index contributed by atoms with van der Waals surface area (Å²) in [5.41, 5.74) is 0.591. The largest absolute Gasteiger partial charge is 0.484 e. The summed E-state index contributed by atoms with van der Waals surface area (Å²) in [6.45, 7) is 0.445. The zero-order valence-electron chi connectivity index (χ0n) is 13.2. The average molecular weight is 358 g/mol. The lowest BCUT2D eigenvalue weighted by atomic mass is 10.3. The summed E-state index contributed by atoms with van der Waals surface area (Å²) < 4.78 is 10.6. The van der Waals surface area contributed by atoms with E-state index < -0.39 is 0 Å². The van der Waals surface area contributed by atoms with Crippen molar-refractivity contribution in [2.45, 2.75) is 6.54 Å². The molecule has 6 nitrogen and oxygen atoms in total. The maximum atomic E-state index is 11.9. The molecule has 0 aliphatic carbocycles. The minimum Gasteiger partial charge on any atom is -0.484 e. The Hall–Kier alpha value is -2.99. The monoisotopic (exact) mass is 357 g/mol. The lowest BCUT2D eigenvalue weighted by molar-refractivity contribution is -0.118. The molecule has 1 amide bonds. The van der Waals surface area contributed by atoms with Gasteiger partial charge in [-0.3, -0.25) is 4.79 Å². The molecule has 25 heavy (non-hydrogen) atoms. The van der Waals surface area contributed by atoms with Crippen LogP contribution in [0.25, 0.3) is 0 Å². The quantitative estimate of drug-likeness (QED) is 0.669. The number of nitrogens with zero attached hydrogens (tertiary/aromatic N) is 1. The van der Waals surface area contributed by atoms with E-state index >= 15 is 0 Å². The summed E-state index contributed by atoms with van der Waals surface area (Å²) in [5.74, 6) is 1.81. The number of nitrogens with one attached hydrogen (secondary N) is 2. The Morgan fingerprint density at radius 1 is 1.16 bits per heavy atom. The van der Waals surface area contributed by atoms with E-state index in [1.807, 2.05) is 12.1 Å². The van der Waals surface area contributed by atoms with E-state index in [2.05, 4.69) is 15.6 Å². The molecular formula is C18H16ClN3O3. The fourth-order valence-corrected chi connectivity index (χ4v) is 2.17. The van der Waals surface area contributed by atoms with Gasteiger partial charge in [-0.25, -0.2) is 4.98 Å². The highest BCUT2D eigenvalue weighted by atomic mass is 35.5. The summed E-state index contributed by atoms with van der Waals surface area (Å²) in [6.07, 6.45) is 3.19. The molecule has 0 aliphatic rings. The highest BCUT2D eigenvalue weighted by Gasteiger charge is 2.05. The van der Waals surface area contributed by atoms with Gasteiger partial charge in [0.25, 0.3) is 5.91 Å². The van der Waals surface area contributed by atoms with Gasteiger partial charge in [-0.15, -0.1) is 0 Å². The Bertz CT molecular complexity index is 803. The van der Waals surface area contributed by atoms with Gasteiger partial charge in [0.2, 0.25) is 0 Å². The van der Waals surface area contributed by atoms with Gasteiger partial charge in [-0.05, 0) is 48.5 Å². The van der Waals surface area contributed by atoms with Gasteiger partial charge in [0.1, 0.15) is 17.3 Å². The Morgan fingerprint density at radius 3 is 2.68 bits per heavy atom. The van der Waals surface area contributed by atoms with Crippen molar-refractivity contribution in [1.29, 1.82) is 0 Å². The molecule has 0 bridgehead atoms. The molecule has 0 saturated heterocycles. The van der Waals surface area contributed by atoms with E-state index in [1.165, 1.54) is 0 Å². The summed E-state index contributed by atoms with van der Waals surface area (Å²) in [5, 5.41) is 6.46. The molecule has 128 valence electrons. The summed E-state index contributed by atoms with van der Waals surface area (Å²) in [7, 11) is 0. The Morgan fingerprint density at radius 2 is 2.00 bits per heavy atom. The SMILES string of the molecule is O=C(COc1ccc(Cl)cc1)Nc1ccc(NCc2ccco2)nc1.